The number of aliphatic carboxylic acids is 1. The first-order valence-electron chi connectivity index (χ1n) is 6.83. The van der Waals surface area contributed by atoms with Crippen LogP contribution < -0.4 is 0 Å². The van der Waals surface area contributed by atoms with Gasteiger partial charge in [-0.05, 0) is 12.8 Å². The molecule has 8 nitrogen and oxygen atoms in total. The summed E-state index contributed by atoms with van der Waals surface area (Å²) in [6, 6.07) is 1.49. The average molecular weight is 293 g/mol. The summed E-state index contributed by atoms with van der Waals surface area (Å²) < 4.78 is 1.69. The third-order valence-corrected chi connectivity index (χ3v) is 3.91. The summed E-state index contributed by atoms with van der Waals surface area (Å²) in [7, 11) is 0. The maximum absolute atomic E-state index is 12.4. The number of rotatable bonds is 5. The fourth-order valence-electron chi connectivity index (χ4n) is 2.66. The minimum absolute atomic E-state index is 0.0224. The number of aromatic nitrogens is 1. The summed E-state index contributed by atoms with van der Waals surface area (Å²) in [5.74, 6) is -1.15. The van der Waals surface area contributed by atoms with Crippen molar-refractivity contribution < 1.29 is 19.6 Å². The number of carboxylic acids is 1. The van der Waals surface area contributed by atoms with Crippen LogP contribution in [-0.2, 0) is 4.79 Å². The summed E-state index contributed by atoms with van der Waals surface area (Å²) in [6.07, 6.45) is 3.31. The van der Waals surface area contributed by atoms with Gasteiger partial charge in [0, 0.05) is 31.1 Å². The van der Waals surface area contributed by atoms with E-state index in [0.29, 0.717) is 18.8 Å². The van der Waals surface area contributed by atoms with E-state index >= 15 is 0 Å². The number of hydrogen-bond donors (Lipinski definition) is 1. The monoisotopic (exact) mass is 293 g/mol. The van der Waals surface area contributed by atoms with E-state index in [-0.39, 0.29) is 30.0 Å². The fourth-order valence-corrected chi connectivity index (χ4v) is 2.66. The van der Waals surface area contributed by atoms with Gasteiger partial charge in [0.25, 0.3) is 11.6 Å². The lowest BCUT2D eigenvalue weighted by Crippen LogP contribution is -2.51. The van der Waals surface area contributed by atoms with Crippen molar-refractivity contribution in [3.8, 4) is 0 Å². The smallest absolute Gasteiger partial charge is 0.303 e. The molecule has 1 aliphatic heterocycles. The van der Waals surface area contributed by atoms with Gasteiger partial charge in [0.1, 0.15) is 5.69 Å². The summed E-state index contributed by atoms with van der Waals surface area (Å²) >= 11 is 0. The van der Waals surface area contributed by atoms with E-state index in [1.54, 1.807) is 9.47 Å². The van der Waals surface area contributed by atoms with Gasteiger partial charge in [0.15, 0.2) is 0 Å². The first kappa shape index (κ1) is 13.6. The van der Waals surface area contributed by atoms with Crippen molar-refractivity contribution in [1.29, 1.82) is 0 Å². The predicted molar refractivity (Wildman–Crippen MR) is 71.0 cm³/mol. The first-order chi connectivity index (χ1) is 9.95. The highest BCUT2D eigenvalue weighted by molar-refractivity contribution is 5.94. The van der Waals surface area contributed by atoms with Gasteiger partial charge in [-0.3, -0.25) is 19.7 Å². The predicted octanol–water partition coefficient (Wildman–Crippen LogP) is 1.28. The Labute approximate surface area is 120 Å². The molecule has 0 unspecified atom stereocenters. The molecule has 2 aliphatic rings. The highest BCUT2D eigenvalue weighted by Crippen LogP contribution is 2.38. The molecule has 1 saturated heterocycles. The molecule has 3 rings (SSSR count). The molecule has 1 aromatic heterocycles. The highest BCUT2D eigenvalue weighted by atomic mass is 16.6. The molecule has 8 heteroatoms. The maximum Gasteiger partial charge on any atom is 0.303 e. The Kier molecular flexibility index (Phi) is 3.15. The van der Waals surface area contributed by atoms with Crippen LogP contribution in [0.4, 0.5) is 5.69 Å². The van der Waals surface area contributed by atoms with Crippen LogP contribution in [0.5, 0.6) is 0 Å². The molecule has 2 fully saturated rings. The second-order valence-electron chi connectivity index (χ2n) is 5.65. The Morgan fingerprint density at radius 2 is 2.05 bits per heavy atom. The molecule has 112 valence electrons. The molecule has 0 atom stereocenters. The molecule has 1 aliphatic carbocycles. The van der Waals surface area contributed by atoms with E-state index in [9.17, 15) is 19.7 Å². The topological polar surface area (TPSA) is 106 Å². The lowest BCUT2D eigenvalue weighted by Gasteiger charge is -2.38. The number of nitro groups is 1. The molecule has 2 heterocycles. The molecule has 21 heavy (non-hydrogen) atoms. The van der Waals surface area contributed by atoms with Crippen LogP contribution in [0.1, 0.15) is 35.8 Å². The van der Waals surface area contributed by atoms with Gasteiger partial charge in [-0.1, -0.05) is 0 Å². The van der Waals surface area contributed by atoms with E-state index in [2.05, 4.69) is 0 Å². The van der Waals surface area contributed by atoms with E-state index in [1.807, 2.05) is 0 Å². The zero-order chi connectivity index (χ0) is 15.1. The van der Waals surface area contributed by atoms with Gasteiger partial charge in [0.05, 0.1) is 17.5 Å². The van der Waals surface area contributed by atoms with E-state index in [0.717, 1.165) is 12.8 Å². The van der Waals surface area contributed by atoms with Gasteiger partial charge in [-0.25, -0.2) is 0 Å². The van der Waals surface area contributed by atoms with Gasteiger partial charge >= 0.3 is 5.97 Å². The fraction of sp³-hybridized carbons (Fsp3) is 0.538. The van der Waals surface area contributed by atoms with Crippen LogP contribution in [-0.4, -0.2) is 44.5 Å². The summed E-state index contributed by atoms with van der Waals surface area (Å²) in [5, 5.41) is 19.6. The summed E-state index contributed by atoms with van der Waals surface area (Å²) in [6.45, 7) is 0.795. The van der Waals surface area contributed by atoms with Crippen molar-refractivity contribution in [3.63, 3.8) is 0 Å². The second-order valence-corrected chi connectivity index (χ2v) is 5.65. The first-order valence-corrected chi connectivity index (χ1v) is 6.83. The quantitative estimate of drug-likeness (QED) is 0.650. The molecule has 0 bridgehead atoms. The van der Waals surface area contributed by atoms with Crippen molar-refractivity contribution >= 4 is 17.6 Å². The molecule has 0 spiro atoms. The number of hydrogen-bond acceptors (Lipinski definition) is 4. The van der Waals surface area contributed by atoms with Crippen LogP contribution in [0.15, 0.2) is 12.3 Å². The summed E-state index contributed by atoms with van der Waals surface area (Å²) in [5.41, 5.74) is 0.255. The number of nitrogens with zero attached hydrogens (tertiary/aromatic N) is 3. The molecular weight excluding hydrogens is 278 g/mol. The van der Waals surface area contributed by atoms with Crippen LogP contribution in [0.2, 0.25) is 0 Å². The van der Waals surface area contributed by atoms with Crippen molar-refractivity contribution in [2.24, 2.45) is 5.92 Å². The Morgan fingerprint density at radius 3 is 2.57 bits per heavy atom. The van der Waals surface area contributed by atoms with E-state index < -0.39 is 10.9 Å². The number of amides is 1. The van der Waals surface area contributed by atoms with Crippen LogP contribution in [0, 0.1) is 16.0 Å². The van der Waals surface area contributed by atoms with Crippen molar-refractivity contribution in [3.05, 3.63) is 28.1 Å². The molecule has 1 N–H and O–H groups in total. The molecule has 1 saturated carbocycles. The molecule has 1 aromatic rings. The number of likely N-dealkylation sites (tertiary alicyclic amines) is 1. The highest BCUT2D eigenvalue weighted by Gasteiger charge is 2.37. The average Bonchev–Trinajstić information content (AvgIpc) is 3.10. The third-order valence-electron chi connectivity index (χ3n) is 3.91. The van der Waals surface area contributed by atoms with E-state index in [1.165, 1.54) is 12.3 Å². The van der Waals surface area contributed by atoms with E-state index in [4.69, 9.17) is 5.11 Å². The number of carbonyl (C=O) groups excluding carboxylic acids is 1. The SMILES string of the molecule is O=C(O)CC1CN(C(=O)c2cc([N+](=O)[O-])cn2C2CC2)C1. The third kappa shape index (κ3) is 2.61. The Morgan fingerprint density at radius 1 is 1.38 bits per heavy atom. The standard InChI is InChI=1S/C13H15N3O5/c17-12(18)3-8-5-14(6-8)13(19)11-4-10(16(20)21)7-15(11)9-1-2-9/h4,7-9H,1-3,5-6H2,(H,17,18). The largest absolute Gasteiger partial charge is 0.481 e. The summed E-state index contributed by atoms with van der Waals surface area (Å²) in [4.78, 5) is 34.9. The number of carboxylic acid groups (broad SMARTS) is 1. The van der Waals surface area contributed by atoms with Gasteiger partial charge < -0.3 is 14.6 Å². The van der Waals surface area contributed by atoms with Crippen molar-refractivity contribution in [2.45, 2.75) is 25.3 Å². The second kappa shape index (κ2) is 4.87. The lowest BCUT2D eigenvalue weighted by molar-refractivity contribution is -0.384. The Balaban J connectivity index is 1.73. The van der Waals surface area contributed by atoms with Crippen LogP contribution >= 0.6 is 0 Å². The van der Waals surface area contributed by atoms with Gasteiger partial charge in [-0.2, -0.15) is 0 Å². The molecule has 1 amide bonds. The Hall–Kier alpha value is -2.38. The Bertz CT molecular complexity index is 613. The molecule has 0 aromatic carbocycles. The zero-order valence-corrected chi connectivity index (χ0v) is 11.3. The van der Waals surface area contributed by atoms with Crippen molar-refractivity contribution in [2.75, 3.05) is 13.1 Å². The van der Waals surface area contributed by atoms with Gasteiger partial charge in [0.2, 0.25) is 0 Å². The minimum atomic E-state index is -0.871. The number of carbonyl (C=O) groups is 2. The maximum atomic E-state index is 12.4. The van der Waals surface area contributed by atoms with Crippen LogP contribution in [0.25, 0.3) is 0 Å². The minimum Gasteiger partial charge on any atom is -0.481 e. The molecular formula is C13H15N3O5. The van der Waals surface area contributed by atoms with Crippen molar-refractivity contribution in [1.82, 2.24) is 9.47 Å². The van der Waals surface area contributed by atoms with Crippen LogP contribution in [0.3, 0.4) is 0 Å². The van der Waals surface area contributed by atoms with Gasteiger partial charge in [-0.15, -0.1) is 0 Å². The normalized spacial score (nSPS) is 18.4. The lowest BCUT2D eigenvalue weighted by atomic mass is 9.96. The zero-order valence-electron chi connectivity index (χ0n) is 11.3. The molecule has 0 radical (unpaired) electrons.